The molecule has 0 saturated heterocycles. The maximum Gasteiger partial charge on any atom is 0.338 e. The predicted molar refractivity (Wildman–Crippen MR) is 104 cm³/mol. The Morgan fingerprint density at radius 3 is 2.37 bits per heavy atom. The van der Waals surface area contributed by atoms with Crippen molar-refractivity contribution in [2.45, 2.75) is 13.8 Å². The fourth-order valence-electron chi connectivity index (χ4n) is 2.17. The lowest BCUT2D eigenvalue weighted by Crippen LogP contribution is -2.29. The fourth-order valence-corrected chi connectivity index (χ4v) is 2.29. The molecule has 0 unspecified atom stereocenters. The number of anilines is 1. The van der Waals surface area contributed by atoms with Gasteiger partial charge in [-0.1, -0.05) is 37.6 Å². The summed E-state index contributed by atoms with van der Waals surface area (Å²) in [6.07, 6.45) is 0. The first-order chi connectivity index (χ1) is 12.9. The summed E-state index contributed by atoms with van der Waals surface area (Å²) in [5.41, 5.74) is 0.988. The van der Waals surface area contributed by atoms with Crippen LogP contribution in [0.1, 0.15) is 34.6 Å². The van der Waals surface area contributed by atoms with Crippen LogP contribution in [0.3, 0.4) is 0 Å². The molecule has 0 aliphatic heterocycles. The first-order valence-electron chi connectivity index (χ1n) is 8.46. The van der Waals surface area contributed by atoms with Gasteiger partial charge in [0.05, 0.1) is 16.8 Å². The van der Waals surface area contributed by atoms with Crippen molar-refractivity contribution in [1.29, 1.82) is 0 Å². The van der Waals surface area contributed by atoms with Crippen molar-refractivity contribution in [3.63, 3.8) is 0 Å². The van der Waals surface area contributed by atoms with Crippen LogP contribution in [-0.4, -0.2) is 30.9 Å². The van der Waals surface area contributed by atoms with Gasteiger partial charge in [-0.15, -0.1) is 0 Å². The summed E-state index contributed by atoms with van der Waals surface area (Å²) in [7, 11) is 0. The van der Waals surface area contributed by atoms with E-state index in [0.29, 0.717) is 34.3 Å². The number of halogens is 1. The van der Waals surface area contributed by atoms with E-state index in [1.807, 2.05) is 13.8 Å². The third kappa shape index (κ3) is 6.42. The van der Waals surface area contributed by atoms with Crippen LogP contribution in [0.2, 0.25) is 5.02 Å². The van der Waals surface area contributed by atoms with Crippen LogP contribution in [0.25, 0.3) is 0 Å². The average molecular weight is 389 g/mol. The molecule has 0 aliphatic rings. The lowest BCUT2D eigenvalue weighted by atomic mass is 10.1. The highest BCUT2D eigenvalue weighted by Crippen LogP contribution is 2.15. The smallest absolute Gasteiger partial charge is 0.338 e. The average Bonchev–Trinajstić information content (AvgIpc) is 2.65. The molecule has 2 rings (SSSR count). The molecule has 2 aromatic carbocycles. The highest BCUT2D eigenvalue weighted by Gasteiger charge is 2.15. The van der Waals surface area contributed by atoms with E-state index >= 15 is 0 Å². The van der Waals surface area contributed by atoms with Gasteiger partial charge >= 0.3 is 5.97 Å². The van der Waals surface area contributed by atoms with E-state index in [1.165, 1.54) is 12.1 Å². The highest BCUT2D eigenvalue weighted by atomic mass is 35.5. The molecule has 0 heterocycles. The van der Waals surface area contributed by atoms with Crippen LogP contribution in [0, 0.1) is 5.92 Å². The zero-order valence-corrected chi connectivity index (χ0v) is 15.9. The molecule has 0 spiro atoms. The number of carbonyl (C=O) groups is 3. The minimum Gasteiger partial charge on any atom is -0.452 e. The van der Waals surface area contributed by atoms with Gasteiger partial charge in [0, 0.05) is 11.6 Å². The second-order valence-electron chi connectivity index (χ2n) is 6.28. The van der Waals surface area contributed by atoms with Crippen LogP contribution in [0.4, 0.5) is 5.69 Å². The van der Waals surface area contributed by atoms with E-state index in [9.17, 15) is 14.4 Å². The number of amides is 2. The maximum absolute atomic E-state index is 12.3. The molecule has 2 N–H and O–H groups in total. The molecule has 2 aromatic rings. The van der Waals surface area contributed by atoms with E-state index in [2.05, 4.69) is 10.6 Å². The summed E-state index contributed by atoms with van der Waals surface area (Å²) in [5.74, 6) is -1.15. The van der Waals surface area contributed by atoms with Crippen molar-refractivity contribution in [3.8, 4) is 0 Å². The SMILES string of the molecule is CC(C)CNC(=O)c1ccccc1NC(=O)COC(=O)c1ccc(Cl)cc1. The van der Waals surface area contributed by atoms with Crippen LogP contribution in [0.15, 0.2) is 48.5 Å². The molecular formula is C20H21ClN2O4. The second-order valence-corrected chi connectivity index (χ2v) is 6.72. The number of benzene rings is 2. The van der Waals surface area contributed by atoms with E-state index in [1.54, 1.807) is 36.4 Å². The Kier molecular flexibility index (Phi) is 7.37. The van der Waals surface area contributed by atoms with Crippen molar-refractivity contribution >= 4 is 35.1 Å². The Balaban J connectivity index is 1.94. The maximum atomic E-state index is 12.3. The highest BCUT2D eigenvalue weighted by molar-refractivity contribution is 6.30. The van der Waals surface area contributed by atoms with Crippen molar-refractivity contribution in [1.82, 2.24) is 5.32 Å². The first kappa shape index (κ1) is 20.5. The molecule has 0 aliphatic carbocycles. The summed E-state index contributed by atoms with van der Waals surface area (Å²) in [4.78, 5) is 36.3. The summed E-state index contributed by atoms with van der Waals surface area (Å²) in [6.45, 7) is 4.04. The Labute approximate surface area is 162 Å². The third-order valence-corrected chi connectivity index (χ3v) is 3.78. The number of ether oxygens (including phenoxy) is 1. The number of para-hydroxylation sites is 1. The van der Waals surface area contributed by atoms with Crippen LogP contribution in [0.5, 0.6) is 0 Å². The molecule has 142 valence electrons. The molecule has 0 bridgehead atoms. The predicted octanol–water partition coefficient (Wildman–Crippen LogP) is 3.52. The monoisotopic (exact) mass is 388 g/mol. The lowest BCUT2D eigenvalue weighted by Gasteiger charge is -2.12. The molecule has 2 amide bonds. The van der Waals surface area contributed by atoms with E-state index in [-0.39, 0.29) is 5.91 Å². The van der Waals surface area contributed by atoms with E-state index in [0.717, 1.165) is 0 Å². The van der Waals surface area contributed by atoms with Crippen LogP contribution >= 0.6 is 11.6 Å². The Morgan fingerprint density at radius 1 is 1.04 bits per heavy atom. The summed E-state index contributed by atoms with van der Waals surface area (Å²) < 4.78 is 4.99. The molecule has 0 saturated carbocycles. The summed E-state index contributed by atoms with van der Waals surface area (Å²) in [5, 5.41) is 5.90. The number of hydrogen-bond acceptors (Lipinski definition) is 4. The van der Waals surface area contributed by atoms with Crippen molar-refractivity contribution in [3.05, 3.63) is 64.7 Å². The standard InChI is InChI=1S/C20H21ClN2O4/c1-13(2)11-22-19(25)16-5-3-4-6-17(16)23-18(24)12-27-20(26)14-7-9-15(21)10-8-14/h3-10,13H,11-12H2,1-2H3,(H,22,25)(H,23,24). The lowest BCUT2D eigenvalue weighted by molar-refractivity contribution is -0.119. The summed E-state index contributed by atoms with van der Waals surface area (Å²) >= 11 is 5.77. The molecule has 0 fully saturated rings. The van der Waals surface area contributed by atoms with Crippen molar-refractivity contribution in [2.75, 3.05) is 18.5 Å². The van der Waals surface area contributed by atoms with Gasteiger partial charge < -0.3 is 15.4 Å². The van der Waals surface area contributed by atoms with Gasteiger partial charge in [0.25, 0.3) is 11.8 Å². The molecule has 7 heteroatoms. The molecule has 0 radical (unpaired) electrons. The Bertz CT molecular complexity index is 819. The Hall–Kier alpha value is -2.86. The number of esters is 1. The fraction of sp³-hybridized carbons (Fsp3) is 0.250. The van der Waals surface area contributed by atoms with Gasteiger partial charge in [0.2, 0.25) is 0 Å². The van der Waals surface area contributed by atoms with Gasteiger partial charge in [-0.05, 0) is 42.3 Å². The number of hydrogen-bond donors (Lipinski definition) is 2. The molecule has 0 aromatic heterocycles. The van der Waals surface area contributed by atoms with Gasteiger partial charge in [0.1, 0.15) is 0 Å². The first-order valence-corrected chi connectivity index (χ1v) is 8.84. The molecule has 27 heavy (non-hydrogen) atoms. The van der Waals surface area contributed by atoms with Gasteiger partial charge in [0.15, 0.2) is 6.61 Å². The number of rotatable bonds is 7. The molecule has 6 nitrogen and oxygen atoms in total. The quantitative estimate of drug-likeness (QED) is 0.711. The topological polar surface area (TPSA) is 84.5 Å². The largest absolute Gasteiger partial charge is 0.452 e. The number of nitrogens with one attached hydrogen (secondary N) is 2. The normalized spacial score (nSPS) is 10.4. The molecular weight excluding hydrogens is 368 g/mol. The van der Waals surface area contributed by atoms with Gasteiger partial charge in [-0.25, -0.2) is 4.79 Å². The van der Waals surface area contributed by atoms with E-state index in [4.69, 9.17) is 16.3 Å². The van der Waals surface area contributed by atoms with E-state index < -0.39 is 18.5 Å². The zero-order valence-electron chi connectivity index (χ0n) is 15.1. The van der Waals surface area contributed by atoms with Crippen molar-refractivity contribution in [2.24, 2.45) is 5.92 Å². The summed E-state index contributed by atoms with van der Waals surface area (Å²) in [6, 6.07) is 12.8. The Morgan fingerprint density at radius 2 is 1.70 bits per heavy atom. The molecule has 0 atom stereocenters. The van der Waals surface area contributed by atoms with Crippen LogP contribution < -0.4 is 10.6 Å². The zero-order chi connectivity index (χ0) is 19.8. The second kappa shape index (κ2) is 9.73. The third-order valence-electron chi connectivity index (χ3n) is 3.53. The minimum atomic E-state index is -0.634. The van der Waals surface area contributed by atoms with Gasteiger partial charge in [-0.2, -0.15) is 0 Å². The minimum absolute atomic E-state index is 0.280. The van der Waals surface area contributed by atoms with Crippen LogP contribution in [-0.2, 0) is 9.53 Å². The number of carbonyl (C=O) groups excluding carboxylic acids is 3. The van der Waals surface area contributed by atoms with Gasteiger partial charge in [-0.3, -0.25) is 9.59 Å². The van der Waals surface area contributed by atoms with Crippen molar-refractivity contribution < 1.29 is 19.1 Å².